The largest absolute Gasteiger partial charge is 0.480 e. The lowest BCUT2D eigenvalue weighted by Gasteiger charge is -2.06. The van der Waals surface area contributed by atoms with Crippen molar-refractivity contribution in [3.05, 3.63) is 27.8 Å². The standard InChI is InChI=1S/C10H7IO5/c11-6-1-3-7(4-2-6)16-10(15)8(5-12)9(13)14/h1-5,8H,(H,13,14). The van der Waals surface area contributed by atoms with Gasteiger partial charge in [0.1, 0.15) is 12.0 Å². The summed E-state index contributed by atoms with van der Waals surface area (Å²) < 4.78 is 5.68. The number of halogens is 1. The van der Waals surface area contributed by atoms with Crippen molar-refractivity contribution in [3.8, 4) is 5.75 Å². The predicted molar refractivity (Wildman–Crippen MR) is 62.0 cm³/mol. The molecule has 1 atom stereocenters. The summed E-state index contributed by atoms with van der Waals surface area (Å²) in [5.74, 6) is -4.19. The smallest absolute Gasteiger partial charge is 0.333 e. The highest BCUT2D eigenvalue weighted by Gasteiger charge is 2.27. The number of benzene rings is 1. The summed E-state index contributed by atoms with van der Waals surface area (Å²) in [6.45, 7) is 0. The van der Waals surface area contributed by atoms with E-state index in [1.165, 1.54) is 12.1 Å². The molecule has 0 spiro atoms. The Kier molecular flexibility index (Phi) is 4.41. The van der Waals surface area contributed by atoms with Gasteiger partial charge in [0.15, 0.2) is 0 Å². The molecule has 0 amide bonds. The second-order valence-corrected chi connectivity index (χ2v) is 4.07. The molecule has 1 unspecified atom stereocenters. The number of ether oxygens (including phenoxy) is 1. The molecule has 1 N–H and O–H groups in total. The molecule has 0 saturated carbocycles. The minimum atomic E-state index is -1.78. The number of carboxylic acid groups (broad SMARTS) is 1. The minimum Gasteiger partial charge on any atom is -0.480 e. The van der Waals surface area contributed by atoms with E-state index in [2.05, 4.69) is 22.6 Å². The summed E-state index contributed by atoms with van der Waals surface area (Å²) in [4.78, 5) is 32.1. The first-order valence-electron chi connectivity index (χ1n) is 4.20. The van der Waals surface area contributed by atoms with Gasteiger partial charge in [0, 0.05) is 3.57 Å². The Balaban J connectivity index is 2.74. The maximum absolute atomic E-state index is 11.2. The second-order valence-electron chi connectivity index (χ2n) is 2.83. The first kappa shape index (κ1) is 12.6. The average Bonchev–Trinajstić information content (AvgIpc) is 2.22. The second kappa shape index (κ2) is 5.59. The van der Waals surface area contributed by atoms with E-state index in [1.54, 1.807) is 12.1 Å². The lowest BCUT2D eigenvalue weighted by molar-refractivity contribution is -0.153. The molecule has 6 heteroatoms. The molecule has 0 radical (unpaired) electrons. The van der Waals surface area contributed by atoms with Crippen LogP contribution in [-0.2, 0) is 14.4 Å². The summed E-state index contributed by atoms with van der Waals surface area (Å²) in [6, 6.07) is 6.42. The summed E-state index contributed by atoms with van der Waals surface area (Å²) in [5, 5.41) is 8.53. The van der Waals surface area contributed by atoms with Gasteiger partial charge in [-0.1, -0.05) is 0 Å². The summed E-state index contributed by atoms with van der Waals surface area (Å²) in [5.41, 5.74) is 0. The fraction of sp³-hybridized carbons (Fsp3) is 0.100. The number of carboxylic acids is 1. The van der Waals surface area contributed by atoms with Gasteiger partial charge in [-0.3, -0.25) is 9.59 Å². The molecule has 0 saturated heterocycles. The number of hydrogen-bond donors (Lipinski definition) is 1. The summed E-state index contributed by atoms with van der Waals surface area (Å²) in [7, 11) is 0. The number of hydrogen-bond acceptors (Lipinski definition) is 4. The molecule has 0 bridgehead atoms. The van der Waals surface area contributed by atoms with Crippen LogP contribution in [0.1, 0.15) is 0 Å². The van der Waals surface area contributed by atoms with Gasteiger partial charge in [-0.2, -0.15) is 0 Å². The van der Waals surface area contributed by atoms with Gasteiger partial charge >= 0.3 is 11.9 Å². The van der Waals surface area contributed by atoms with Crippen LogP contribution in [0.2, 0.25) is 0 Å². The molecule has 1 aromatic rings. The van der Waals surface area contributed by atoms with Crippen LogP contribution in [0, 0.1) is 9.49 Å². The molecular formula is C10H7IO5. The van der Waals surface area contributed by atoms with E-state index >= 15 is 0 Å². The SMILES string of the molecule is O=CC(C(=O)O)C(=O)Oc1ccc(I)cc1. The van der Waals surface area contributed by atoms with Crippen molar-refractivity contribution in [3.63, 3.8) is 0 Å². The van der Waals surface area contributed by atoms with Crippen molar-refractivity contribution >= 4 is 40.8 Å². The van der Waals surface area contributed by atoms with Crippen molar-refractivity contribution in [2.75, 3.05) is 0 Å². The Bertz CT molecular complexity index is 412. The predicted octanol–water partition coefficient (Wildman–Crippen LogP) is 1.10. The fourth-order valence-electron chi connectivity index (χ4n) is 0.897. The molecule has 0 aliphatic heterocycles. The van der Waals surface area contributed by atoms with E-state index in [-0.39, 0.29) is 12.0 Å². The van der Waals surface area contributed by atoms with E-state index in [9.17, 15) is 14.4 Å². The fourth-order valence-corrected chi connectivity index (χ4v) is 1.26. The third-order valence-corrected chi connectivity index (χ3v) is 2.41. The van der Waals surface area contributed by atoms with Gasteiger partial charge in [-0.15, -0.1) is 0 Å². The van der Waals surface area contributed by atoms with Crippen LogP contribution in [-0.4, -0.2) is 23.3 Å². The van der Waals surface area contributed by atoms with Crippen molar-refractivity contribution in [1.82, 2.24) is 0 Å². The molecular weight excluding hydrogens is 327 g/mol. The van der Waals surface area contributed by atoms with Crippen LogP contribution in [0.4, 0.5) is 0 Å². The van der Waals surface area contributed by atoms with Gasteiger partial charge in [0.25, 0.3) is 0 Å². The highest BCUT2D eigenvalue weighted by molar-refractivity contribution is 14.1. The Morgan fingerprint density at radius 3 is 2.31 bits per heavy atom. The van der Waals surface area contributed by atoms with Gasteiger partial charge in [-0.25, -0.2) is 0 Å². The van der Waals surface area contributed by atoms with Crippen LogP contribution in [0.15, 0.2) is 24.3 Å². The van der Waals surface area contributed by atoms with Gasteiger partial charge < -0.3 is 14.6 Å². The zero-order valence-electron chi connectivity index (χ0n) is 7.92. The van der Waals surface area contributed by atoms with Crippen molar-refractivity contribution in [1.29, 1.82) is 0 Å². The Labute approximate surface area is 105 Å². The Morgan fingerprint density at radius 2 is 1.88 bits per heavy atom. The highest BCUT2D eigenvalue weighted by Crippen LogP contribution is 2.14. The maximum Gasteiger partial charge on any atom is 0.333 e. The van der Waals surface area contributed by atoms with Crippen molar-refractivity contribution < 1.29 is 24.2 Å². The molecule has 84 valence electrons. The molecule has 0 fully saturated rings. The molecule has 0 aliphatic carbocycles. The molecule has 16 heavy (non-hydrogen) atoms. The molecule has 0 aliphatic rings. The van der Waals surface area contributed by atoms with Gasteiger partial charge in [0.05, 0.1) is 0 Å². The molecule has 0 heterocycles. The molecule has 5 nitrogen and oxygen atoms in total. The number of carbonyl (C=O) groups excluding carboxylic acids is 2. The zero-order valence-corrected chi connectivity index (χ0v) is 10.1. The van der Waals surface area contributed by atoms with Crippen molar-refractivity contribution in [2.45, 2.75) is 0 Å². The van der Waals surface area contributed by atoms with Gasteiger partial charge in [0.2, 0.25) is 5.92 Å². The first-order valence-corrected chi connectivity index (χ1v) is 5.28. The number of rotatable bonds is 4. The van der Waals surface area contributed by atoms with Gasteiger partial charge in [-0.05, 0) is 46.9 Å². The van der Waals surface area contributed by atoms with E-state index < -0.39 is 17.9 Å². The van der Waals surface area contributed by atoms with Crippen LogP contribution in [0.25, 0.3) is 0 Å². The van der Waals surface area contributed by atoms with E-state index in [0.717, 1.165) is 3.57 Å². The van der Waals surface area contributed by atoms with Crippen molar-refractivity contribution in [2.24, 2.45) is 5.92 Å². The molecule has 1 aromatic carbocycles. The minimum absolute atomic E-state index is 0.0391. The van der Waals surface area contributed by atoms with Crippen LogP contribution < -0.4 is 4.74 Å². The quantitative estimate of drug-likeness (QED) is 0.293. The zero-order chi connectivity index (χ0) is 12.1. The third-order valence-electron chi connectivity index (χ3n) is 1.69. The monoisotopic (exact) mass is 334 g/mol. The Morgan fingerprint density at radius 1 is 1.31 bits per heavy atom. The third kappa shape index (κ3) is 3.30. The topological polar surface area (TPSA) is 80.7 Å². The van der Waals surface area contributed by atoms with Crippen LogP contribution >= 0.6 is 22.6 Å². The van der Waals surface area contributed by atoms with E-state index in [1.807, 2.05) is 0 Å². The highest BCUT2D eigenvalue weighted by atomic mass is 127. The lowest BCUT2D eigenvalue weighted by atomic mass is 10.2. The lowest BCUT2D eigenvalue weighted by Crippen LogP contribution is -2.29. The van der Waals surface area contributed by atoms with Crippen LogP contribution in [0.3, 0.4) is 0 Å². The Hall–Kier alpha value is -1.44. The normalized spacial score (nSPS) is 11.6. The number of esters is 1. The molecule has 1 rings (SSSR count). The maximum atomic E-state index is 11.2. The van der Waals surface area contributed by atoms with E-state index in [4.69, 9.17) is 9.84 Å². The van der Waals surface area contributed by atoms with Crippen LogP contribution in [0.5, 0.6) is 5.75 Å². The number of aldehydes is 1. The van der Waals surface area contributed by atoms with E-state index in [0.29, 0.717) is 0 Å². The first-order chi connectivity index (χ1) is 7.54. The number of aliphatic carboxylic acids is 1. The summed E-state index contributed by atoms with van der Waals surface area (Å²) in [6.07, 6.45) is 0.0391. The number of carbonyl (C=O) groups is 3. The average molecular weight is 334 g/mol. The summed E-state index contributed by atoms with van der Waals surface area (Å²) >= 11 is 2.07. The molecule has 0 aromatic heterocycles.